The lowest BCUT2D eigenvalue weighted by Crippen LogP contribution is -2.20. The second-order valence-corrected chi connectivity index (χ2v) is 4.93. The number of carbonyl (C=O) groups is 2. The molecule has 0 aliphatic rings. The second-order valence-electron chi connectivity index (χ2n) is 4.93. The lowest BCUT2D eigenvalue weighted by Gasteiger charge is -2.07. The SMILES string of the molecule is COc1ccc(C=CC(=O)OCC(=O)Nc2cc(C)on2)cc1OC. The number of esters is 1. The third-order valence-corrected chi connectivity index (χ3v) is 3.06. The van der Waals surface area contributed by atoms with Gasteiger partial charge in [0.15, 0.2) is 23.9 Å². The molecule has 0 atom stereocenters. The van der Waals surface area contributed by atoms with E-state index in [1.54, 1.807) is 37.3 Å². The first-order chi connectivity index (χ1) is 12.0. The van der Waals surface area contributed by atoms with Gasteiger partial charge in [0.05, 0.1) is 14.2 Å². The van der Waals surface area contributed by atoms with Gasteiger partial charge >= 0.3 is 5.97 Å². The summed E-state index contributed by atoms with van der Waals surface area (Å²) in [6, 6.07) is 6.74. The number of benzene rings is 1. The predicted molar refractivity (Wildman–Crippen MR) is 89.4 cm³/mol. The molecule has 0 aliphatic heterocycles. The highest BCUT2D eigenvalue weighted by atomic mass is 16.5. The van der Waals surface area contributed by atoms with E-state index in [4.69, 9.17) is 18.7 Å². The van der Waals surface area contributed by atoms with Gasteiger partial charge in [-0.25, -0.2) is 4.79 Å². The van der Waals surface area contributed by atoms with E-state index in [0.717, 1.165) is 5.56 Å². The van der Waals surface area contributed by atoms with Gasteiger partial charge in [-0.1, -0.05) is 11.2 Å². The molecule has 2 rings (SSSR count). The minimum atomic E-state index is -0.652. The Hall–Kier alpha value is -3.29. The molecule has 25 heavy (non-hydrogen) atoms. The lowest BCUT2D eigenvalue weighted by atomic mass is 10.2. The summed E-state index contributed by atoms with van der Waals surface area (Å²) in [5.74, 6) is 0.786. The van der Waals surface area contributed by atoms with Crippen molar-refractivity contribution in [3.63, 3.8) is 0 Å². The van der Waals surface area contributed by atoms with Crippen molar-refractivity contribution in [2.75, 3.05) is 26.1 Å². The smallest absolute Gasteiger partial charge is 0.331 e. The zero-order valence-corrected chi connectivity index (χ0v) is 14.1. The lowest BCUT2D eigenvalue weighted by molar-refractivity contribution is -0.142. The van der Waals surface area contributed by atoms with Crippen LogP contribution in [0.5, 0.6) is 11.5 Å². The van der Waals surface area contributed by atoms with Crippen molar-refractivity contribution in [3.05, 3.63) is 41.7 Å². The van der Waals surface area contributed by atoms with E-state index in [1.165, 1.54) is 20.3 Å². The van der Waals surface area contributed by atoms with Gasteiger partial charge in [0, 0.05) is 12.1 Å². The fourth-order valence-corrected chi connectivity index (χ4v) is 1.91. The Morgan fingerprint density at radius 2 is 1.96 bits per heavy atom. The van der Waals surface area contributed by atoms with Crippen LogP contribution in [-0.4, -0.2) is 37.9 Å². The average Bonchev–Trinajstić information content (AvgIpc) is 3.02. The van der Waals surface area contributed by atoms with Crippen LogP contribution in [0.2, 0.25) is 0 Å². The van der Waals surface area contributed by atoms with Gasteiger partial charge in [0.2, 0.25) is 0 Å². The topological polar surface area (TPSA) is 99.9 Å². The summed E-state index contributed by atoms with van der Waals surface area (Å²) in [7, 11) is 3.06. The molecule has 0 unspecified atom stereocenters. The molecular formula is C17H18N2O6. The minimum Gasteiger partial charge on any atom is -0.493 e. The molecule has 132 valence electrons. The van der Waals surface area contributed by atoms with Crippen LogP contribution in [0.25, 0.3) is 6.08 Å². The summed E-state index contributed by atoms with van der Waals surface area (Å²) >= 11 is 0. The zero-order valence-electron chi connectivity index (χ0n) is 14.1. The molecule has 0 saturated carbocycles. The highest BCUT2D eigenvalue weighted by molar-refractivity contribution is 5.94. The Bertz CT molecular complexity index is 781. The molecule has 2 aromatic rings. The summed E-state index contributed by atoms with van der Waals surface area (Å²) in [6.45, 7) is 1.27. The molecule has 1 aromatic carbocycles. The van der Waals surface area contributed by atoms with Crippen LogP contribution < -0.4 is 14.8 Å². The summed E-state index contributed by atoms with van der Waals surface area (Å²) in [4.78, 5) is 23.3. The number of carbonyl (C=O) groups excluding carboxylic acids is 2. The number of hydrogen-bond acceptors (Lipinski definition) is 7. The number of aryl methyl sites for hydroxylation is 1. The Kier molecular flexibility index (Phi) is 6.16. The molecule has 0 saturated heterocycles. The number of anilines is 1. The number of nitrogens with one attached hydrogen (secondary N) is 1. The standard InChI is InChI=1S/C17H18N2O6/c1-11-8-15(19-25-11)18-16(20)10-24-17(21)7-5-12-4-6-13(22-2)14(9-12)23-3/h4-9H,10H2,1-3H3,(H,18,19,20). The van der Waals surface area contributed by atoms with Crippen molar-refractivity contribution in [3.8, 4) is 11.5 Å². The maximum atomic E-state index is 11.7. The minimum absolute atomic E-state index is 0.263. The predicted octanol–water partition coefficient (Wildman–Crippen LogP) is 2.20. The van der Waals surface area contributed by atoms with Crippen LogP contribution in [0.4, 0.5) is 5.82 Å². The van der Waals surface area contributed by atoms with Gasteiger partial charge in [0.25, 0.3) is 5.91 Å². The van der Waals surface area contributed by atoms with E-state index in [2.05, 4.69) is 10.5 Å². The monoisotopic (exact) mass is 346 g/mol. The van der Waals surface area contributed by atoms with Gasteiger partial charge in [-0.15, -0.1) is 0 Å². The molecule has 0 spiro atoms. The van der Waals surface area contributed by atoms with E-state index >= 15 is 0 Å². The number of ether oxygens (including phenoxy) is 3. The average molecular weight is 346 g/mol. The van der Waals surface area contributed by atoms with Crippen molar-refractivity contribution in [2.24, 2.45) is 0 Å². The molecule has 0 radical (unpaired) electrons. The Morgan fingerprint density at radius 1 is 1.20 bits per heavy atom. The van der Waals surface area contributed by atoms with Crippen LogP contribution in [0.3, 0.4) is 0 Å². The largest absolute Gasteiger partial charge is 0.493 e. The van der Waals surface area contributed by atoms with E-state index in [9.17, 15) is 9.59 Å². The molecule has 8 nitrogen and oxygen atoms in total. The molecule has 0 bridgehead atoms. The molecule has 1 aromatic heterocycles. The first-order valence-electron chi connectivity index (χ1n) is 7.32. The van der Waals surface area contributed by atoms with Gasteiger partial charge < -0.3 is 24.1 Å². The van der Waals surface area contributed by atoms with Gasteiger partial charge in [0.1, 0.15) is 5.76 Å². The molecule has 0 aliphatic carbocycles. The molecule has 1 heterocycles. The van der Waals surface area contributed by atoms with E-state index in [-0.39, 0.29) is 5.82 Å². The van der Waals surface area contributed by atoms with Crippen molar-refractivity contribution >= 4 is 23.8 Å². The highest BCUT2D eigenvalue weighted by Crippen LogP contribution is 2.27. The van der Waals surface area contributed by atoms with Gasteiger partial charge in [-0.2, -0.15) is 0 Å². The quantitative estimate of drug-likeness (QED) is 0.606. The molecule has 8 heteroatoms. The summed E-state index contributed by atoms with van der Waals surface area (Å²) in [5, 5.41) is 6.05. The van der Waals surface area contributed by atoms with E-state index in [1.807, 2.05) is 0 Å². The Morgan fingerprint density at radius 3 is 2.60 bits per heavy atom. The second kappa shape index (κ2) is 8.53. The van der Waals surface area contributed by atoms with Crippen LogP contribution in [0.1, 0.15) is 11.3 Å². The van der Waals surface area contributed by atoms with Crippen LogP contribution in [0.15, 0.2) is 34.9 Å². The van der Waals surface area contributed by atoms with Gasteiger partial charge in [-0.3, -0.25) is 4.79 Å². The maximum Gasteiger partial charge on any atom is 0.331 e. The first-order valence-corrected chi connectivity index (χ1v) is 7.32. The number of methoxy groups -OCH3 is 2. The number of nitrogens with zero attached hydrogens (tertiary/aromatic N) is 1. The van der Waals surface area contributed by atoms with Crippen molar-refractivity contribution < 1.29 is 28.3 Å². The van der Waals surface area contributed by atoms with E-state index in [0.29, 0.717) is 17.3 Å². The Labute approximate surface area is 144 Å². The van der Waals surface area contributed by atoms with Crippen LogP contribution >= 0.6 is 0 Å². The van der Waals surface area contributed by atoms with Gasteiger partial charge in [-0.05, 0) is 30.7 Å². The molecule has 0 fully saturated rings. The van der Waals surface area contributed by atoms with Crippen molar-refractivity contribution in [1.29, 1.82) is 0 Å². The van der Waals surface area contributed by atoms with Crippen molar-refractivity contribution in [1.82, 2.24) is 5.16 Å². The molecule has 1 amide bonds. The molecular weight excluding hydrogens is 328 g/mol. The molecule has 1 N–H and O–H groups in total. The summed E-state index contributed by atoms with van der Waals surface area (Å²) in [6.07, 6.45) is 2.76. The maximum absolute atomic E-state index is 11.7. The van der Waals surface area contributed by atoms with Crippen LogP contribution in [0, 0.1) is 6.92 Å². The number of aromatic nitrogens is 1. The Balaban J connectivity index is 1.85. The third-order valence-electron chi connectivity index (χ3n) is 3.06. The van der Waals surface area contributed by atoms with E-state index < -0.39 is 18.5 Å². The number of rotatable bonds is 7. The van der Waals surface area contributed by atoms with Crippen LogP contribution in [-0.2, 0) is 14.3 Å². The zero-order chi connectivity index (χ0) is 18.2. The summed E-state index contributed by atoms with van der Waals surface area (Å²) < 4.78 is 20.0. The normalized spacial score (nSPS) is 10.5. The number of hydrogen-bond donors (Lipinski definition) is 1. The highest BCUT2D eigenvalue weighted by Gasteiger charge is 2.08. The fourth-order valence-electron chi connectivity index (χ4n) is 1.91. The third kappa shape index (κ3) is 5.38. The van der Waals surface area contributed by atoms with Crippen molar-refractivity contribution in [2.45, 2.75) is 6.92 Å². The fraction of sp³-hybridized carbons (Fsp3) is 0.235. The first kappa shape index (κ1) is 18.1. The number of amides is 1. The summed E-state index contributed by atoms with van der Waals surface area (Å²) in [5.41, 5.74) is 0.720.